The van der Waals surface area contributed by atoms with Crippen LogP contribution in [0, 0.1) is 11.6 Å². The topological polar surface area (TPSA) is 55.1 Å². The normalized spacial score (nSPS) is 12.0. The Morgan fingerprint density at radius 3 is 2.38 bits per heavy atom. The quantitative estimate of drug-likeness (QED) is 0.851. The van der Waals surface area contributed by atoms with Gasteiger partial charge in [-0.1, -0.05) is 18.2 Å². The van der Waals surface area contributed by atoms with Crippen LogP contribution in [-0.4, -0.2) is 11.9 Å². The lowest BCUT2D eigenvalue weighted by atomic mass is 10.1. The second kappa shape index (κ2) is 6.35. The Morgan fingerprint density at radius 2 is 1.76 bits per heavy atom. The first kappa shape index (κ1) is 15.0. The Bertz CT molecular complexity index is 638. The van der Waals surface area contributed by atoms with Gasteiger partial charge in [0.1, 0.15) is 11.6 Å². The molecule has 3 N–H and O–H groups in total. The Labute approximate surface area is 121 Å². The molecule has 5 heteroatoms. The molecule has 0 radical (unpaired) electrons. The number of benzene rings is 2. The summed E-state index contributed by atoms with van der Waals surface area (Å²) >= 11 is 0. The summed E-state index contributed by atoms with van der Waals surface area (Å²) in [6.45, 7) is 1.68. The fourth-order valence-electron chi connectivity index (χ4n) is 2.09. The summed E-state index contributed by atoms with van der Waals surface area (Å²) in [6.07, 6.45) is 0.0665. The monoisotopic (exact) mass is 290 g/mol. The summed E-state index contributed by atoms with van der Waals surface area (Å²) in [7, 11) is 0. The maximum absolute atomic E-state index is 13.6. The smallest absolute Gasteiger partial charge is 0.253 e. The Balaban J connectivity index is 2.07. The highest BCUT2D eigenvalue weighted by atomic mass is 19.1. The first-order valence-electron chi connectivity index (χ1n) is 6.57. The lowest BCUT2D eigenvalue weighted by Crippen LogP contribution is -2.34. The third-order valence-electron chi connectivity index (χ3n) is 3.15. The maximum Gasteiger partial charge on any atom is 0.253 e. The zero-order chi connectivity index (χ0) is 15.4. The molecule has 110 valence electrons. The van der Waals surface area contributed by atoms with E-state index in [1.807, 2.05) is 0 Å². The largest absolute Gasteiger partial charge is 0.398 e. The van der Waals surface area contributed by atoms with E-state index in [1.54, 1.807) is 31.2 Å². The summed E-state index contributed by atoms with van der Waals surface area (Å²) in [6, 6.07) is 9.92. The molecule has 0 saturated heterocycles. The fraction of sp³-hybridized carbons (Fsp3) is 0.188. The van der Waals surface area contributed by atoms with E-state index in [1.165, 1.54) is 18.2 Å². The molecule has 0 spiro atoms. The van der Waals surface area contributed by atoms with Crippen LogP contribution in [0.3, 0.4) is 0 Å². The summed E-state index contributed by atoms with van der Waals surface area (Å²) in [5.74, 6) is -1.59. The fourth-order valence-corrected chi connectivity index (χ4v) is 2.09. The summed E-state index contributed by atoms with van der Waals surface area (Å²) in [4.78, 5) is 12.1. The van der Waals surface area contributed by atoms with Crippen LogP contribution in [-0.2, 0) is 6.42 Å². The number of nitrogens with one attached hydrogen (secondary N) is 1. The van der Waals surface area contributed by atoms with Gasteiger partial charge in [0.25, 0.3) is 5.91 Å². The van der Waals surface area contributed by atoms with Crippen LogP contribution in [0.5, 0.6) is 0 Å². The van der Waals surface area contributed by atoms with Gasteiger partial charge in [-0.25, -0.2) is 8.78 Å². The molecule has 3 nitrogen and oxygen atoms in total. The van der Waals surface area contributed by atoms with Gasteiger partial charge in [-0.3, -0.25) is 4.79 Å². The molecule has 0 saturated carbocycles. The van der Waals surface area contributed by atoms with Crippen LogP contribution in [0.15, 0.2) is 42.5 Å². The van der Waals surface area contributed by atoms with Gasteiger partial charge < -0.3 is 11.1 Å². The molecule has 2 rings (SSSR count). The molecule has 0 aliphatic carbocycles. The van der Waals surface area contributed by atoms with Gasteiger partial charge in [-0.15, -0.1) is 0 Å². The van der Waals surface area contributed by atoms with Crippen molar-refractivity contribution in [1.82, 2.24) is 5.32 Å². The zero-order valence-corrected chi connectivity index (χ0v) is 11.6. The van der Waals surface area contributed by atoms with E-state index < -0.39 is 17.7 Å². The van der Waals surface area contributed by atoms with E-state index in [-0.39, 0.29) is 17.9 Å². The molecule has 0 aliphatic heterocycles. The van der Waals surface area contributed by atoms with Gasteiger partial charge >= 0.3 is 0 Å². The average molecular weight is 290 g/mol. The molecular formula is C16H16F2N2O. The Hall–Kier alpha value is -2.43. The minimum absolute atomic E-state index is 0.0358. The number of rotatable bonds is 4. The van der Waals surface area contributed by atoms with Crippen molar-refractivity contribution in [3.63, 3.8) is 0 Å². The van der Waals surface area contributed by atoms with Crippen LogP contribution in [0.2, 0.25) is 0 Å². The Morgan fingerprint density at radius 1 is 1.14 bits per heavy atom. The van der Waals surface area contributed by atoms with E-state index in [9.17, 15) is 13.6 Å². The van der Waals surface area contributed by atoms with Crippen molar-refractivity contribution in [2.75, 3.05) is 5.73 Å². The van der Waals surface area contributed by atoms with Gasteiger partial charge in [-0.05, 0) is 37.6 Å². The van der Waals surface area contributed by atoms with Gasteiger partial charge in [0.2, 0.25) is 0 Å². The first-order valence-corrected chi connectivity index (χ1v) is 6.57. The van der Waals surface area contributed by atoms with E-state index in [0.29, 0.717) is 11.3 Å². The SMILES string of the molecule is CC(Cc1c(F)cccc1F)NC(=O)c1ccccc1N. The minimum atomic E-state index is -0.615. The standard InChI is InChI=1S/C16H16F2N2O/c1-10(9-12-13(17)6-4-7-14(12)18)20-16(21)11-5-2-3-8-15(11)19/h2-8,10H,9,19H2,1H3,(H,20,21). The number of carbonyl (C=O) groups is 1. The number of hydrogen-bond acceptors (Lipinski definition) is 2. The third kappa shape index (κ3) is 3.56. The molecule has 0 heterocycles. The number of carbonyl (C=O) groups excluding carboxylic acids is 1. The van der Waals surface area contributed by atoms with Crippen molar-refractivity contribution in [2.24, 2.45) is 0 Å². The first-order chi connectivity index (χ1) is 9.99. The molecule has 0 aliphatic rings. The number of anilines is 1. The lowest BCUT2D eigenvalue weighted by Gasteiger charge is -2.15. The molecule has 2 aromatic rings. The number of halogens is 2. The number of para-hydroxylation sites is 1. The highest BCUT2D eigenvalue weighted by Gasteiger charge is 2.16. The van der Waals surface area contributed by atoms with Crippen molar-refractivity contribution in [1.29, 1.82) is 0 Å². The van der Waals surface area contributed by atoms with E-state index in [0.717, 1.165) is 0 Å². The minimum Gasteiger partial charge on any atom is -0.398 e. The number of nitrogens with two attached hydrogens (primary N) is 1. The highest BCUT2D eigenvalue weighted by molar-refractivity contribution is 5.99. The zero-order valence-electron chi connectivity index (χ0n) is 11.6. The van der Waals surface area contributed by atoms with Crippen LogP contribution >= 0.6 is 0 Å². The van der Waals surface area contributed by atoms with E-state index in [2.05, 4.69) is 5.32 Å². The maximum atomic E-state index is 13.6. The Kier molecular flexibility index (Phi) is 4.52. The summed E-state index contributed by atoms with van der Waals surface area (Å²) < 4.78 is 27.1. The predicted octanol–water partition coefficient (Wildman–Crippen LogP) is 2.91. The number of hydrogen-bond donors (Lipinski definition) is 2. The van der Waals surface area contributed by atoms with Crippen LogP contribution in [0.4, 0.5) is 14.5 Å². The predicted molar refractivity (Wildman–Crippen MR) is 77.8 cm³/mol. The average Bonchev–Trinajstić information content (AvgIpc) is 2.43. The molecule has 0 aromatic heterocycles. The molecular weight excluding hydrogens is 274 g/mol. The van der Waals surface area contributed by atoms with Crippen molar-refractivity contribution in [2.45, 2.75) is 19.4 Å². The van der Waals surface area contributed by atoms with Crippen molar-refractivity contribution < 1.29 is 13.6 Å². The van der Waals surface area contributed by atoms with Crippen molar-refractivity contribution in [3.8, 4) is 0 Å². The second-order valence-electron chi connectivity index (χ2n) is 4.87. The van der Waals surface area contributed by atoms with Gasteiger partial charge in [-0.2, -0.15) is 0 Å². The molecule has 1 unspecified atom stereocenters. The molecule has 21 heavy (non-hydrogen) atoms. The van der Waals surface area contributed by atoms with Crippen LogP contribution in [0.1, 0.15) is 22.8 Å². The van der Waals surface area contributed by atoms with Crippen molar-refractivity contribution >= 4 is 11.6 Å². The van der Waals surface area contributed by atoms with Crippen molar-refractivity contribution in [3.05, 3.63) is 65.2 Å². The summed E-state index contributed by atoms with van der Waals surface area (Å²) in [5.41, 5.74) is 6.39. The lowest BCUT2D eigenvalue weighted by molar-refractivity contribution is 0.0940. The molecule has 0 bridgehead atoms. The molecule has 1 atom stereocenters. The molecule has 2 aromatic carbocycles. The highest BCUT2D eigenvalue weighted by Crippen LogP contribution is 2.15. The van der Waals surface area contributed by atoms with Crippen LogP contribution < -0.4 is 11.1 Å². The number of nitrogen functional groups attached to an aromatic ring is 1. The third-order valence-corrected chi connectivity index (χ3v) is 3.15. The van der Waals surface area contributed by atoms with E-state index in [4.69, 9.17) is 5.73 Å². The van der Waals surface area contributed by atoms with Gasteiger partial charge in [0, 0.05) is 17.3 Å². The molecule has 0 fully saturated rings. The van der Waals surface area contributed by atoms with Gasteiger partial charge in [0.05, 0.1) is 5.56 Å². The second-order valence-corrected chi connectivity index (χ2v) is 4.87. The van der Waals surface area contributed by atoms with E-state index >= 15 is 0 Å². The number of amides is 1. The van der Waals surface area contributed by atoms with Crippen LogP contribution in [0.25, 0.3) is 0 Å². The molecule has 1 amide bonds. The summed E-state index contributed by atoms with van der Waals surface area (Å²) in [5, 5.41) is 2.69. The van der Waals surface area contributed by atoms with Gasteiger partial charge in [0.15, 0.2) is 0 Å².